The second-order valence-electron chi connectivity index (χ2n) is 12.8. The summed E-state index contributed by atoms with van der Waals surface area (Å²) in [5.74, 6) is -0.795. The number of amides is 1. The molecule has 0 radical (unpaired) electrons. The molecular formula is C30H50N2O6. The van der Waals surface area contributed by atoms with Gasteiger partial charge in [-0.25, -0.2) is 0 Å². The summed E-state index contributed by atoms with van der Waals surface area (Å²) in [4.78, 5) is 28.6. The summed E-state index contributed by atoms with van der Waals surface area (Å²) in [5.41, 5.74) is 0.641. The summed E-state index contributed by atoms with van der Waals surface area (Å²) in [7, 11) is 3.83. The highest BCUT2D eigenvalue weighted by atomic mass is 16.6. The summed E-state index contributed by atoms with van der Waals surface area (Å²) in [6, 6.07) is 0.528. The summed E-state index contributed by atoms with van der Waals surface area (Å²) >= 11 is 0. The van der Waals surface area contributed by atoms with E-state index in [1.165, 1.54) is 18.4 Å². The minimum absolute atomic E-state index is 0.0139. The monoisotopic (exact) mass is 534 g/mol. The Hall–Kier alpha value is -1.48. The van der Waals surface area contributed by atoms with Gasteiger partial charge in [-0.05, 0) is 78.8 Å². The van der Waals surface area contributed by atoms with Gasteiger partial charge in [-0.3, -0.25) is 9.59 Å². The number of carbonyl (C=O) groups excluding carboxylic acids is 2. The quantitative estimate of drug-likeness (QED) is 0.231. The first-order valence-electron chi connectivity index (χ1n) is 14.7. The third-order valence-electron chi connectivity index (χ3n) is 9.50. The van der Waals surface area contributed by atoms with Gasteiger partial charge in [0.2, 0.25) is 5.91 Å². The zero-order valence-corrected chi connectivity index (χ0v) is 24.6. The molecule has 3 aliphatic heterocycles. The number of nitrogens with zero attached hydrogens (tertiary/aromatic N) is 1. The molecule has 4 rings (SSSR count). The Balaban J connectivity index is 1.34. The molecule has 1 N–H and O–H groups in total. The van der Waals surface area contributed by atoms with Crippen LogP contribution in [0, 0.1) is 17.8 Å². The van der Waals surface area contributed by atoms with E-state index in [9.17, 15) is 9.59 Å². The molecule has 4 fully saturated rings. The van der Waals surface area contributed by atoms with Crippen molar-refractivity contribution in [1.29, 1.82) is 0 Å². The van der Waals surface area contributed by atoms with Crippen LogP contribution in [0.2, 0.25) is 0 Å². The molecule has 3 saturated heterocycles. The second-order valence-corrected chi connectivity index (χ2v) is 12.8. The highest BCUT2D eigenvalue weighted by Gasteiger charge is 2.72. The molecule has 216 valence electrons. The molecule has 1 aliphatic carbocycles. The zero-order valence-electron chi connectivity index (χ0n) is 24.6. The Bertz CT molecular complexity index is 882. The van der Waals surface area contributed by atoms with Crippen molar-refractivity contribution in [2.24, 2.45) is 17.8 Å². The van der Waals surface area contributed by atoms with E-state index in [0.29, 0.717) is 25.6 Å². The maximum atomic E-state index is 13.2. The number of likely N-dealkylation sites (tertiary alicyclic amines) is 1. The molecule has 0 aromatic rings. The Morgan fingerprint density at radius 1 is 1.24 bits per heavy atom. The van der Waals surface area contributed by atoms with Crippen LogP contribution in [0.3, 0.4) is 0 Å². The van der Waals surface area contributed by atoms with Gasteiger partial charge in [-0.15, -0.1) is 0 Å². The molecule has 3 heterocycles. The van der Waals surface area contributed by atoms with Gasteiger partial charge in [0.15, 0.2) is 0 Å². The van der Waals surface area contributed by atoms with E-state index in [2.05, 4.69) is 44.1 Å². The number of allylic oxidation sites excluding steroid dienone is 1. The van der Waals surface area contributed by atoms with Crippen LogP contribution in [0.15, 0.2) is 11.6 Å². The van der Waals surface area contributed by atoms with Crippen molar-refractivity contribution in [1.82, 2.24) is 10.2 Å². The third kappa shape index (κ3) is 6.45. The van der Waals surface area contributed by atoms with E-state index >= 15 is 0 Å². The molecule has 1 amide bonds. The number of hydrogen-bond acceptors (Lipinski definition) is 7. The van der Waals surface area contributed by atoms with Crippen molar-refractivity contribution in [3.63, 3.8) is 0 Å². The van der Waals surface area contributed by atoms with Gasteiger partial charge < -0.3 is 29.2 Å². The van der Waals surface area contributed by atoms with Crippen LogP contribution >= 0.6 is 0 Å². The molecule has 1 saturated carbocycles. The van der Waals surface area contributed by atoms with Crippen LogP contribution in [0.1, 0.15) is 79.6 Å². The van der Waals surface area contributed by atoms with E-state index in [0.717, 1.165) is 25.8 Å². The van der Waals surface area contributed by atoms with E-state index in [1.807, 2.05) is 13.8 Å². The topological polar surface area (TPSA) is 92.9 Å². The molecule has 8 heteroatoms. The highest BCUT2D eigenvalue weighted by Crippen LogP contribution is 2.59. The third-order valence-corrected chi connectivity index (χ3v) is 9.50. The second kappa shape index (κ2) is 11.9. The van der Waals surface area contributed by atoms with E-state index in [-0.39, 0.29) is 59.6 Å². The summed E-state index contributed by atoms with van der Waals surface area (Å²) < 4.78 is 24.3. The summed E-state index contributed by atoms with van der Waals surface area (Å²) in [6.07, 6.45) is 7.38. The van der Waals surface area contributed by atoms with Crippen LogP contribution in [0.5, 0.6) is 0 Å². The Morgan fingerprint density at radius 3 is 2.55 bits per heavy atom. The van der Waals surface area contributed by atoms with Crippen LogP contribution in [0.25, 0.3) is 0 Å². The predicted molar refractivity (Wildman–Crippen MR) is 146 cm³/mol. The standard InChI is InChI=1S/C30H50N2O6/c1-19(2)10-11-24-29(5,38-24)27-26(35-7)23(12-14-30(27)18-36-30)37-25(33)17-22(20(3)4)28(34)31-15-13-21-9-8-16-32(21)6/h10,20-24,26-27H,8-9,11-18H2,1-7H3,(H,31,34)/t21?,22-,23-,24-,26-,27-,29+,30+/m1/s1. The number of methoxy groups -OCH3 is 1. The van der Waals surface area contributed by atoms with Crippen molar-refractivity contribution in [2.45, 2.75) is 115 Å². The number of esters is 1. The highest BCUT2D eigenvalue weighted by molar-refractivity contribution is 5.84. The van der Waals surface area contributed by atoms with Gasteiger partial charge >= 0.3 is 5.97 Å². The molecule has 0 aromatic heterocycles. The van der Waals surface area contributed by atoms with Gasteiger partial charge in [-0.1, -0.05) is 25.5 Å². The SMILES string of the molecule is CO[C@@H]1[C@H](OC(=O)C[C@@H](C(=O)NCCC2CCCN2C)C(C)C)CC[C@]2(CO2)[C@H]1[C@@]1(C)O[C@@H]1CC=C(C)C. The predicted octanol–water partition coefficient (Wildman–Crippen LogP) is 3.87. The minimum atomic E-state index is -0.417. The summed E-state index contributed by atoms with van der Waals surface area (Å²) in [6.45, 7) is 12.8. The van der Waals surface area contributed by atoms with E-state index in [4.69, 9.17) is 18.9 Å². The van der Waals surface area contributed by atoms with Crippen LogP contribution < -0.4 is 5.32 Å². The fourth-order valence-electron chi connectivity index (χ4n) is 6.93. The van der Waals surface area contributed by atoms with Crippen molar-refractivity contribution in [3.8, 4) is 0 Å². The van der Waals surface area contributed by atoms with Gasteiger partial charge in [-0.2, -0.15) is 0 Å². The molecule has 1 spiro atoms. The largest absolute Gasteiger partial charge is 0.460 e. The fraction of sp³-hybridized carbons (Fsp3) is 0.867. The Labute approximate surface area is 229 Å². The molecule has 0 bridgehead atoms. The van der Waals surface area contributed by atoms with E-state index in [1.54, 1.807) is 7.11 Å². The lowest BCUT2D eigenvalue weighted by atomic mass is 9.68. The molecule has 4 aliphatic rings. The minimum Gasteiger partial charge on any atom is -0.460 e. The normalized spacial score (nSPS) is 37.2. The number of epoxide rings is 2. The van der Waals surface area contributed by atoms with Crippen LogP contribution in [-0.2, 0) is 28.5 Å². The lowest BCUT2D eigenvalue weighted by molar-refractivity contribution is -0.173. The van der Waals surface area contributed by atoms with Crippen LogP contribution in [0.4, 0.5) is 0 Å². The number of carbonyl (C=O) groups is 2. The average molecular weight is 535 g/mol. The molecule has 1 unspecified atom stereocenters. The van der Waals surface area contributed by atoms with Crippen LogP contribution in [-0.4, -0.2) is 86.2 Å². The number of hydrogen-bond donors (Lipinski definition) is 1. The maximum absolute atomic E-state index is 13.2. The van der Waals surface area contributed by atoms with Gasteiger partial charge in [0.05, 0.1) is 31.0 Å². The molecule has 38 heavy (non-hydrogen) atoms. The van der Waals surface area contributed by atoms with Crippen molar-refractivity contribution < 1.29 is 28.5 Å². The Kier molecular flexibility index (Phi) is 9.28. The zero-order chi connectivity index (χ0) is 27.7. The first-order chi connectivity index (χ1) is 18.0. The van der Waals surface area contributed by atoms with Crippen molar-refractivity contribution in [2.75, 3.05) is 33.9 Å². The first kappa shape index (κ1) is 29.5. The number of ether oxygens (including phenoxy) is 4. The molecule has 8 nitrogen and oxygen atoms in total. The van der Waals surface area contributed by atoms with Gasteiger partial charge in [0.25, 0.3) is 0 Å². The van der Waals surface area contributed by atoms with Gasteiger partial charge in [0.1, 0.15) is 23.4 Å². The molecule has 8 atom stereocenters. The molecular weight excluding hydrogens is 484 g/mol. The molecule has 0 aromatic carbocycles. The fourth-order valence-corrected chi connectivity index (χ4v) is 6.93. The van der Waals surface area contributed by atoms with Gasteiger partial charge in [0, 0.05) is 19.7 Å². The smallest absolute Gasteiger partial charge is 0.306 e. The average Bonchev–Trinajstić information content (AvgIpc) is 3.73. The summed E-state index contributed by atoms with van der Waals surface area (Å²) in [5, 5.41) is 3.08. The van der Waals surface area contributed by atoms with E-state index < -0.39 is 5.92 Å². The maximum Gasteiger partial charge on any atom is 0.306 e. The number of nitrogens with one attached hydrogen (secondary N) is 1. The lowest BCUT2D eigenvalue weighted by Gasteiger charge is -2.42. The Morgan fingerprint density at radius 2 is 1.97 bits per heavy atom. The lowest BCUT2D eigenvalue weighted by Crippen LogP contribution is -2.55. The number of rotatable bonds is 12. The van der Waals surface area contributed by atoms with Crippen molar-refractivity contribution >= 4 is 11.9 Å². The first-order valence-corrected chi connectivity index (χ1v) is 14.7. The van der Waals surface area contributed by atoms with Crippen molar-refractivity contribution in [3.05, 3.63) is 11.6 Å².